The van der Waals surface area contributed by atoms with Crippen LogP contribution in [0.3, 0.4) is 0 Å². The van der Waals surface area contributed by atoms with Gasteiger partial charge in [-0.15, -0.1) is 11.6 Å². The summed E-state index contributed by atoms with van der Waals surface area (Å²) in [6.45, 7) is 3.60. The molecule has 2 aromatic rings. The van der Waals surface area contributed by atoms with Crippen molar-refractivity contribution in [2.75, 3.05) is 19.1 Å². The van der Waals surface area contributed by atoms with Gasteiger partial charge in [-0.3, -0.25) is 0 Å². The third-order valence-electron chi connectivity index (χ3n) is 3.33. The van der Waals surface area contributed by atoms with Gasteiger partial charge >= 0.3 is 0 Å². The van der Waals surface area contributed by atoms with E-state index in [-0.39, 0.29) is 0 Å². The van der Waals surface area contributed by atoms with Gasteiger partial charge in [0.2, 0.25) is 0 Å². The molecule has 0 spiro atoms. The van der Waals surface area contributed by atoms with Crippen molar-refractivity contribution < 1.29 is 4.74 Å². The van der Waals surface area contributed by atoms with Gasteiger partial charge in [-0.2, -0.15) is 0 Å². The molecule has 0 saturated carbocycles. The molecule has 0 aromatic carbocycles. The molecule has 2 aromatic heterocycles. The molecule has 0 aliphatic carbocycles. The van der Waals surface area contributed by atoms with Gasteiger partial charge in [-0.25, -0.2) is 9.97 Å². The van der Waals surface area contributed by atoms with Crippen LogP contribution in [0.15, 0.2) is 12.3 Å². The average Bonchev–Trinajstić information content (AvgIpc) is 2.95. The molecule has 5 heteroatoms. The van der Waals surface area contributed by atoms with Gasteiger partial charge in [0, 0.05) is 25.1 Å². The summed E-state index contributed by atoms with van der Waals surface area (Å²) in [7, 11) is 0. The van der Waals surface area contributed by atoms with Crippen molar-refractivity contribution >= 4 is 22.8 Å². The molecule has 4 nitrogen and oxygen atoms in total. The van der Waals surface area contributed by atoms with Crippen LogP contribution in [0, 0.1) is 6.92 Å². The minimum absolute atomic E-state index is 0.350. The van der Waals surface area contributed by atoms with Gasteiger partial charge in [0.1, 0.15) is 11.3 Å². The van der Waals surface area contributed by atoms with Crippen molar-refractivity contribution in [3.63, 3.8) is 0 Å². The number of pyridine rings is 1. The Morgan fingerprint density at radius 2 is 2.44 bits per heavy atom. The van der Waals surface area contributed by atoms with Crippen molar-refractivity contribution in [3.05, 3.63) is 23.7 Å². The van der Waals surface area contributed by atoms with Gasteiger partial charge in [0.25, 0.3) is 0 Å². The van der Waals surface area contributed by atoms with E-state index in [1.807, 2.05) is 13.1 Å². The molecule has 0 amide bonds. The fraction of sp³-hybridized carbons (Fsp3) is 0.538. The fourth-order valence-electron chi connectivity index (χ4n) is 2.50. The highest BCUT2D eigenvalue weighted by atomic mass is 35.5. The summed E-state index contributed by atoms with van der Waals surface area (Å²) in [4.78, 5) is 9.20. The predicted molar refractivity (Wildman–Crippen MR) is 71.2 cm³/mol. The maximum absolute atomic E-state index is 5.87. The molecule has 3 heterocycles. The first-order valence-electron chi connectivity index (χ1n) is 6.27. The summed E-state index contributed by atoms with van der Waals surface area (Å²) in [5, 5.41) is 0. The maximum Gasteiger partial charge on any atom is 0.160 e. The number of rotatable bonds is 3. The van der Waals surface area contributed by atoms with Crippen molar-refractivity contribution in [2.24, 2.45) is 0 Å². The smallest absolute Gasteiger partial charge is 0.160 e. The molecule has 0 bridgehead atoms. The summed E-state index contributed by atoms with van der Waals surface area (Å²) in [5.41, 5.74) is 3.05. The van der Waals surface area contributed by atoms with E-state index < -0.39 is 0 Å². The van der Waals surface area contributed by atoms with Gasteiger partial charge in [0.05, 0.1) is 12.6 Å². The van der Waals surface area contributed by atoms with Gasteiger partial charge < -0.3 is 9.30 Å². The number of aryl methyl sites for hydroxylation is 2. The predicted octanol–water partition coefficient (Wildman–Crippen LogP) is 2.48. The van der Waals surface area contributed by atoms with E-state index in [0.29, 0.717) is 11.9 Å². The Bertz CT molecular complexity index is 561. The van der Waals surface area contributed by atoms with Crippen LogP contribution in [0.4, 0.5) is 0 Å². The van der Waals surface area contributed by atoms with Gasteiger partial charge in [0.15, 0.2) is 5.65 Å². The van der Waals surface area contributed by atoms with Crippen molar-refractivity contribution in [1.82, 2.24) is 14.5 Å². The third-order valence-corrected chi connectivity index (χ3v) is 3.52. The summed E-state index contributed by atoms with van der Waals surface area (Å²) < 4.78 is 7.69. The van der Waals surface area contributed by atoms with E-state index in [2.05, 4.69) is 20.6 Å². The van der Waals surface area contributed by atoms with Crippen LogP contribution >= 0.6 is 11.6 Å². The van der Waals surface area contributed by atoms with Crippen molar-refractivity contribution in [1.29, 1.82) is 0 Å². The number of hydrogen-bond donors (Lipinski definition) is 0. The normalized spacial score (nSPS) is 19.8. The number of halogens is 1. The number of fused-ring (bicyclic) bond motifs is 1. The Kier molecular flexibility index (Phi) is 3.22. The zero-order valence-corrected chi connectivity index (χ0v) is 11.2. The lowest BCUT2D eigenvalue weighted by atomic mass is 10.2. The monoisotopic (exact) mass is 265 g/mol. The third kappa shape index (κ3) is 1.99. The Morgan fingerprint density at radius 1 is 1.56 bits per heavy atom. The molecular weight excluding hydrogens is 250 g/mol. The highest BCUT2D eigenvalue weighted by Crippen LogP contribution is 2.26. The van der Waals surface area contributed by atoms with E-state index in [1.165, 1.54) is 0 Å². The Morgan fingerprint density at radius 3 is 3.17 bits per heavy atom. The lowest BCUT2D eigenvalue weighted by Crippen LogP contribution is -2.13. The highest BCUT2D eigenvalue weighted by Gasteiger charge is 2.23. The van der Waals surface area contributed by atoms with Crippen LogP contribution in [0.2, 0.25) is 0 Å². The minimum atomic E-state index is 0.350. The first-order chi connectivity index (χ1) is 8.79. The molecule has 18 heavy (non-hydrogen) atoms. The standard InChI is InChI=1S/C13H16ClN3O/c1-9-6-11-13(15-7-9)17(10-3-5-18-8-10)12(16-11)2-4-14/h6-7,10H,2-5,8H2,1H3. The van der Waals surface area contributed by atoms with E-state index >= 15 is 0 Å². The molecule has 1 atom stereocenters. The molecule has 1 fully saturated rings. The van der Waals surface area contributed by atoms with E-state index in [9.17, 15) is 0 Å². The lowest BCUT2D eigenvalue weighted by Gasteiger charge is -2.13. The number of nitrogens with zero attached hydrogens (tertiary/aromatic N) is 3. The summed E-state index contributed by atoms with van der Waals surface area (Å²) in [6, 6.07) is 2.43. The Hall–Kier alpha value is -1.13. The first-order valence-corrected chi connectivity index (χ1v) is 6.80. The molecule has 1 unspecified atom stereocenters. The lowest BCUT2D eigenvalue weighted by molar-refractivity contribution is 0.186. The second-order valence-electron chi connectivity index (χ2n) is 4.71. The molecule has 96 valence electrons. The zero-order chi connectivity index (χ0) is 12.5. The molecule has 3 rings (SSSR count). The molecule has 1 aliphatic rings. The molecule has 1 aliphatic heterocycles. The van der Waals surface area contributed by atoms with E-state index in [1.54, 1.807) is 0 Å². The number of hydrogen-bond acceptors (Lipinski definition) is 3. The number of aromatic nitrogens is 3. The summed E-state index contributed by atoms with van der Waals surface area (Å²) in [6.07, 6.45) is 3.69. The summed E-state index contributed by atoms with van der Waals surface area (Å²) in [5.74, 6) is 1.60. The second kappa shape index (κ2) is 4.86. The van der Waals surface area contributed by atoms with E-state index in [4.69, 9.17) is 16.3 Å². The fourth-order valence-corrected chi connectivity index (χ4v) is 2.67. The number of imidazole rings is 1. The maximum atomic E-state index is 5.87. The average molecular weight is 266 g/mol. The van der Waals surface area contributed by atoms with Crippen LogP contribution in [0.25, 0.3) is 11.2 Å². The number of ether oxygens (including phenoxy) is 1. The van der Waals surface area contributed by atoms with Crippen molar-refractivity contribution in [2.45, 2.75) is 25.8 Å². The molecule has 0 N–H and O–H groups in total. The van der Waals surface area contributed by atoms with E-state index in [0.717, 1.165) is 48.6 Å². The van der Waals surface area contributed by atoms with Crippen LogP contribution in [0.5, 0.6) is 0 Å². The topological polar surface area (TPSA) is 39.9 Å². The minimum Gasteiger partial charge on any atom is -0.379 e. The molecule has 1 saturated heterocycles. The Labute approximate surface area is 111 Å². The van der Waals surface area contributed by atoms with Gasteiger partial charge in [-0.05, 0) is 25.0 Å². The zero-order valence-electron chi connectivity index (χ0n) is 10.4. The summed E-state index contributed by atoms with van der Waals surface area (Å²) >= 11 is 5.87. The second-order valence-corrected chi connectivity index (χ2v) is 5.09. The van der Waals surface area contributed by atoms with Crippen LogP contribution in [-0.4, -0.2) is 33.6 Å². The molecule has 0 radical (unpaired) electrons. The van der Waals surface area contributed by atoms with Gasteiger partial charge in [-0.1, -0.05) is 0 Å². The SMILES string of the molecule is Cc1cnc2c(c1)nc(CCCl)n2C1CCOC1. The van der Waals surface area contributed by atoms with Crippen LogP contribution in [-0.2, 0) is 11.2 Å². The van der Waals surface area contributed by atoms with Crippen LogP contribution < -0.4 is 0 Å². The highest BCUT2D eigenvalue weighted by molar-refractivity contribution is 6.17. The largest absolute Gasteiger partial charge is 0.379 e. The molecular formula is C13H16ClN3O. The van der Waals surface area contributed by atoms with Crippen LogP contribution in [0.1, 0.15) is 23.9 Å². The van der Waals surface area contributed by atoms with Crippen molar-refractivity contribution in [3.8, 4) is 0 Å². The first kappa shape index (κ1) is 11.9. The quantitative estimate of drug-likeness (QED) is 0.801. The number of alkyl halides is 1. The Balaban J connectivity index is 2.14.